The standard InChI is InChI=1S/C12H12BrCl2N3/c1-12(2,3)10-16-17-11(15)18(10)9-6-7(14)4-5-8(9)13/h4-6H,1-3H3. The second-order valence-electron chi connectivity index (χ2n) is 4.97. The Kier molecular flexibility index (Phi) is 3.72. The van der Waals surface area contributed by atoms with Gasteiger partial charge >= 0.3 is 0 Å². The summed E-state index contributed by atoms with van der Waals surface area (Å²) in [5.41, 5.74) is 0.671. The topological polar surface area (TPSA) is 30.7 Å². The Morgan fingerprint density at radius 1 is 1.17 bits per heavy atom. The summed E-state index contributed by atoms with van der Waals surface area (Å²) in [7, 11) is 0. The molecule has 0 aliphatic carbocycles. The maximum atomic E-state index is 6.14. The molecule has 0 unspecified atom stereocenters. The zero-order valence-corrected chi connectivity index (χ0v) is 13.3. The van der Waals surface area contributed by atoms with Crippen LogP contribution in [0.1, 0.15) is 26.6 Å². The largest absolute Gasteiger partial charge is 0.268 e. The van der Waals surface area contributed by atoms with E-state index in [-0.39, 0.29) is 5.41 Å². The molecule has 2 rings (SSSR count). The van der Waals surface area contributed by atoms with Gasteiger partial charge < -0.3 is 0 Å². The van der Waals surface area contributed by atoms with Gasteiger partial charge in [-0.3, -0.25) is 4.57 Å². The molecule has 0 radical (unpaired) electrons. The van der Waals surface area contributed by atoms with Crippen LogP contribution >= 0.6 is 39.1 Å². The summed E-state index contributed by atoms with van der Waals surface area (Å²) in [6.07, 6.45) is 0. The minimum Gasteiger partial charge on any atom is -0.268 e. The number of aromatic nitrogens is 3. The Labute approximate surface area is 124 Å². The minimum absolute atomic E-state index is 0.165. The third-order valence-corrected chi connectivity index (χ3v) is 3.59. The second-order valence-corrected chi connectivity index (χ2v) is 6.60. The highest BCUT2D eigenvalue weighted by molar-refractivity contribution is 9.10. The molecule has 0 aliphatic rings. The lowest BCUT2D eigenvalue weighted by Gasteiger charge is -2.19. The monoisotopic (exact) mass is 347 g/mol. The van der Waals surface area contributed by atoms with Gasteiger partial charge in [0.25, 0.3) is 0 Å². The molecule has 1 aromatic heterocycles. The van der Waals surface area contributed by atoms with E-state index in [1.165, 1.54) is 0 Å². The van der Waals surface area contributed by atoms with Gasteiger partial charge in [-0.2, -0.15) is 0 Å². The van der Waals surface area contributed by atoms with Gasteiger partial charge in [0.1, 0.15) is 5.82 Å². The van der Waals surface area contributed by atoms with E-state index < -0.39 is 0 Å². The lowest BCUT2D eigenvalue weighted by molar-refractivity contribution is 0.533. The van der Waals surface area contributed by atoms with Crippen molar-refractivity contribution in [3.8, 4) is 5.69 Å². The molecule has 0 atom stereocenters. The molecule has 0 bridgehead atoms. The number of halogens is 3. The van der Waals surface area contributed by atoms with Crippen LogP contribution in [0.15, 0.2) is 22.7 Å². The fourth-order valence-corrected chi connectivity index (χ4v) is 2.42. The summed E-state index contributed by atoms with van der Waals surface area (Å²) < 4.78 is 2.69. The van der Waals surface area contributed by atoms with Crippen LogP contribution in [0.5, 0.6) is 0 Å². The fourth-order valence-electron chi connectivity index (χ4n) is 1.62. The Bertz CT molecular complexity index is 587. The van der Waals surface area contributed by atoms with E-state index in [2.05, 4.69) is 46.9 Å². The minimum atomic E-state index is -0.165. The molecule has 3 nitrogen and oxygen atoms in total. The van der Waals surface area contributed by atoms with Crippen molar-refractivity contribution >= 4 is 39.1 Å². The lowest BCUT2D eigenvalue weighted by Crippen LogP contribution is -2.18. The number of benzene rings is 1. The van der Waals surface area contributed by atoms with Gasteiger partial charge in [0.05, 0.1) is 5.69 Å². The van der Waals surface area contributed by atoms with Crippen LogP contribution in [0.4, 0.5) is 0 Å². The summed E-state index contributed by atoms with van der Waals surface area (Å²) in [6.45, 7) is 6.17. The van der Waals surface area contributed by atoms with Crippen molar-refractivity contribution in [1.82, 2.24) is 14.8 Å². The molecular formula is C12H12BrCl2N3. The highest BCUT2D eigenvalue weighted by Crippen LogP contribution is 2.31. The van der Waals surface area contributed by atoms with Crippen molar-refractivity contribution in [3.63, 3.8) is 0 Å². The molecule has 1 heterocycles. The maximum absolute atomic E-state index is 6.14. The van der Waals surface area contributed by atoms with Crippen molar-refractivity contribution in [2.45, 2.75) is 26.2 Å². The summed E-state index contributed by atoms with van der Waals surface area (Å²) >= 11 is 15.7. The summed E-state index contributed by atoms with van der Waals surface area (Å²) in [6, 6.07) is 5.51. The number of hydrogen-bond donors (Lipinski definition) is 0. The van der Waals surface area contributed by atoms with Gasteiger partial charge in [-0.15, -0.1) is 10.2 Å². The molecule has 0 amide bonds. The van der Waals surface area contributed by atoms with E-state index in [9.17, 15) is 0 Å². The molecule has 0 saturated heterocycles. The van der Waals surface area contributed by atoms with E-state index in [0.717, 1.165) is 16.0 Å². The molecule has 0 N–H and O–H groups in total. The first-order chi connectivity index (χ1) is 8.30. The summed E-state index contributed by atoms with van der Waals surface area (Å²) in [5, 5.41) is 9.05. The van der Waals surface area contributed by atoms with E-state index in [1.807, 2.05) is 18.2 Å². The Balaban J connectivity index is 2.71. The van der Waals surface area contributed by atoms with Gasteiger partial charge in [0.2, 0.25) is 5.28 Å². The van der Waals surface area contributed by atoms with Crippen LogP contribution in [-0.2, 0) is 5.41 Å². The first-order valence-corrected chi connectivity index (χ1v) is 6.92. The van der Waals surface area contributed by atoms with Crippen LogP contribution in [0.25, 0.3) is 5.69 Å². The SMILES string of the molecule is CC(C)(C)c1nnc(Cl)n1-c1cc(Cl)ccc1Br. The molecular weight excluding hydrogens is 337 g/mol. The Morgan fingerprint density at radius 3 is 2.44 bits per heavy atom. The average Bonchev–Trinajstić information content (AvgIpc) is 2.63. The molecule has 0 fully saturated rings. The third-order valence-electron chi connectivity index (χ3n) is 2.44. The normalized spacial score (nSPS) is 11.9. The van der Waals surface area contributed by atoms with Gasteiger partial charge in [-0.1, -0.05) is 32.4 Å². The smallest absolute Gasteiger partial charge is 0.229 e. The van der Waals surface area contributed by atoms with Crippen LogP contribution in [0.3, 0.4) is 0 Å². The van der Waals surface area contributed by atoms with Gasteiger partial charge in [-0.05, 0) is 45.7 Å². The number of rotatable bonds is 1. The predicted molar refractivity (Wildman–Crippen MR) is 77.8 cm³/mol. The Morgan fingerprint density at radius 2 is 1.83 bits per heavy atom. The average molecular weight is 349 g/mol. The first kappa shape index (κ1) is 13.8. The summed E-state index contributed by atoms with van der Waals surface area (Å²) in [4.78, 5) is 0. The molecule has 2 aromatic rings. The van der Waals surface area contributed by atoms with Crippen molar-refractivity contribution in [2.24, 2.45) is 0 Å². The maximum Gasteiger partial charge on any atom is 0.229 e. The lowest BCUT2D eigenvalue weighted by atomic mass is 9.95. The molecule has 96 valence electrons. The van der Waals surface area contributed by atoms with Crippen molar-refractivity contribution < 1.29 is 0 Å². The zero-order valence-electron chi connectivity index (χ0n) is 10.2. The second kappa shape index (κ2) is 4.83. The van der Waals surface area contributed by atoms with Crippen LogP contribution in [-0.4, -0.2) is 14.8 Å². The number of nitrogens with zero attached hydrogens (tertiary/aromatic N) is 3. The highest BCUT2D eigenvalue weighted by Gasteiger charge is 2.25. The van der Waals surface area contributed by atoms with Crippen molar-refractivity contribution in [1.29, 1.82) is 0 Å². The van der Waals surface area contributed by atoms with Crippen molar-refractivity contribution in [3.05, 3.63) is 38.8 Å². The number of hydrogen-bond acceptors (Lipinski definition) is 2. The molecule has 18 heavy (non-hydrogen) atoms. The fraction of sp³-hybridized carbons (Fsp3) is 0.333. The first-order valence-electron chi connectivity index (χ1n) is 5.37. The molecule has 0 aliphatic heterocycles. The Hall–Kier alpha value is -0.580. The van der Waals surface area contributed by atoms with E-state index >= 15 is 0 Å². The van der Waals surface area contributed by atoms with Crippen LogP contribution < -0.4 is 0 Å². The molecule has 6 heteroatoms. The molecule has 0 saturated carbocycles. The predicted octanol–water partition coefficient (Wildman–Crippen LogP) is 4.63. The van der Waals surface area contributed by atoms with E-state index in [4.69, 9.17) is 23.2 Å². The molecule has 1 aromatic carbocycles. The van der Waals surface area contributed by atoms with Crippen LogP contribution in [0, 0.1) is 0 Å². The molecule has 0 spiro atoms. The van der Waals surface area contributed by atoms with E-state index in [0.29, 0.717) is 10.3 Å². The van der Waals surface area contributed by atoms with Crippen LogP contribution in [0.2, 0.25) is 10.3 Å². The van der Waals surface area contributed by atoms with Gasteiger partial charge in [-0.25, -0.2) is 0 Å². The summed E-state index contributed by atoms with van der Waals surface area (Å²) in [5.74, 6) is 0.787. The van der Waals surface area contributed by atoms with Gasteiger partial charge in [0.15, 0.2) is 0 Å². The highest BCUT2D eigenvalue weighted by atomic mass is 79.9. The van der Waals surface area contributed by atoms with Gasteiger partial charge in [0, 0.05) is 14.9 Å². The van der Waals surface area contributed by atoms with E-state index in [1.54, 1.807) is 4.57 Å². The third kappa shape index (κ3) is 2.56. The van der Waals surface area contributed by atoms with Crippen molar-refractivity contribution in [2.75, 3.05) is 0 Å². The zero-order chi connectivity index (χ0) is 13.5. The quantitative estimate of drug-likeness (QED) is 0.751.